The molecule has 0 aromatic heterocycles. The Hall–Kier alpha value is -1.49. The van der Waals surface area contributed by atoms with Gasteiger partial charge in [-0.15, -0.1) is 0 Å². The molecule has 0 radical (unpaired) electrons. The second kappa shape index (κ2) is 5.23. The predicted octanol–water partition coefficient (Wildman–Crippen LogP) is 1.87. The topological polar surface area (TPSA) is 38.3 Å². The van der Waals surface area contributed by atoms with Crippen LogP contribution in [0.3, 0.4) is 0 Å². The monoisotopic (exact) mass is 241 g/mol. The highest BCUT2D eigenvalue weighted by molar-refractivity contribution is 5.94. The van der Waals surface area contributed by atoms with Gasteiger partial charge < -0.3 is 10.1 Å². The zero-order chi connectivity index (χ0) is 12.3. The molecule has 1 fully saturated rings. The zero-order valence-electron chi connectivity index (χ0n) is 9.21. The van der Waals surface area contributed by atoms with Gasteiger partial charge in [0.2, 0.25) is 0 Å². The third-order valence-corrected chi connectivity index (χ3v) is 2.73. The number of halogens is 2. The third-order valence-electron chi connectivity index (χ3n) is 2.73. The van der Waals surface area contributed by atoms with E-state index in [4.69, 9.17) is 4.74 Å². The van der Waals surface area contributed by atoms with E-state index in [9.17, 15) is 13.6 Å². The van der Waals surface area contributed by atoms with Crippen molar-refractivity contribution in [3.63, 3.8) is 0 Å². The summed E-state index contributed by atoms with van der Waals surface area (Å²) in [5.74, 6) is -2.03. The highest BCUT2D eigenvalue weighted by Crippen LogP contribution is 2.12. The van der Waals surface area contributed by atoms with Crippen molar-refractivity contribution in [3.05, 3.63) is 35.4 Å². The molecule has 0 unspecified atom stereocenters. The first-order valence-electron chi connectivity index (χ1n) is 5.50. The molecule has 3 nitrogen and oxygen atoms in total. The van der Waals surface area contributed by atoms with E-state index < -0.39 is 17.5 Å². The first-order valence-corrected chi connectivity index (χ1v) is 5.50. The van der Waals surface area contributed by atoms with Crippen LogP contribution in [0, 0.1) is 11.6 Å². The average molecular weight is 241 g/mol. The fourth-order valence-corrected chi connectivity index (χ4v) is 1.78. The molecule has 1 aromatic carbocycles. The van der Waals surface area contributed by atoms with Gasteiger partial charge in [-0.1, -0.05) is 0 Å². The molecule has 1 aromatic rings. The van der Waals surface area contributed by atoms with Crippen molar-refractivity contribution in [1.29, 1.82) is 0 Å². The molecule has 1 amide bonds. The maximum absolute atomic E-state index is 13.3. The summed E-state index contributed by atoms with van der Waals surface area (Å²) in [6, 6.07) is 2.93. The molecule has 1 saturated heterocycles. The molecule has 17 heavy (non-hydrogen) atoms. The lowest BCUT2D eigenvalue weighted by Gasteiger charge is -2.23. The molecule has 0 aliphatic carbocycles. The summed E-state index contributed by atoms with van der Waals surface area (Å²) in [6.45, 7) is 1.19. The highest BCUT2D eigenvalue weighted by Gasteiger charge is 2.19. The van der Waals surface area contributed by atoms with Crippen molar-refractivity contribution >= 4 is 5.91 Å². The van der Waals surface area contributed by atoms with Crippen molar-refractivity contribution in [2.45, 2.75) is 18.9 Å². The van der Waals surface area contributed by atoms with Gasteiger partial charge in [0.1, 0.15) is 11.6 Å². The number of ether oxygens (including phenoxy) is 1. The fourth-order valence-electron chi connectivity index (χ4n) is 1.78. The number of hydrogen-bond donors (Lipinski definition) is 1. The summed E-state index contributed by atoms with van der Waals surface area (Å²) < 4.78 is 31.2. The van der Waals surface area contributed by atoms with E-state index in [0.717, 1.165) is 12.1 Å². The van der Waals surface area contributed by atoms with Gasteiger partial charge in [-0.25, -0.2) is 8.78 Å². The molecule has 1 aliphatic rings. The number of hydrogen-bond acceptors (Lipinski definition) is 2. The number of amides is 1. The molecule has 0 spiro atoms. The molecule has 0 bridgehead atoms. The average Bonchev–Trinajstić information content (AvgIpc) is 2.30. The molecular weight excluding hydrogens is 228 g/mol. The summed E-state index contributed by atoms with van der Waals surface area (Å²) >= 11 is 0. The van der Waals surface area contributed by atoms with Crippen molar-refractivity contribution in [3.8, 4) is 0 Å². The predicted molar refractivity (Wildman–Crippen MR) is 57.7 cm³/mol. The van der Waals surface area contributed by atoms with Crippen LogP contribution in [0.1, 0.15) is 23.2 Å². The van der Waals surface area contributed by atoms with Crippen LogP contribution < -0.4 is 5.32 Å². The molecular formula is C12H13F2NO2. The maximum Gasteiger partial charge on any atom is 0.254 e. The lowest BCUT2D eigenvalue weighted by molar-refractivity contribution is 0.0694. The van der Waals surface area contributed by atoms with E-state index in [1.165, 1.54) is 0 Å². The molecule has 1 aliphatic heterocycles. The Balaban J connectivity index is 2.03. The molecule has 1 heterocycles. The maximum atomic E-state index is 13.3. The van der Waals surface area contributed by atoms with Gasteiger partial charge in [0.25, 0.3) is 5.91 Å². The van der Waals surface area contributed by atoms with Crippen LogP contribution in [0.25, 0.3) is 0 Å². The summed E-state index contributed by atoms with van der Waals surface area (Å²) in [7, 11) is 0. The van der Waals surface area contributed by atoms with Gasteiger partial charge in [-0.2, -0.15) is 0 Å². The Morgan fingerprint density at radius 1 is 1.29 bits per heavy atom. The second-order valence-electron chi connectivity index (χ2n) is 3.98. The Bertz CT molecular complexity index is 417. The first-order chi connectivity index (χ1) is 8.16. The van der Waals surface area contributed by atoms with E-state index in [2.05, 4.69) is 5.32 Å². The van der Waals surface area contributed by atoms with Crippen molar-refractivity contribution in [1.82, 2.24) is 5.32 Å². The lowest BCUT2D eigenvalue weighted by atomic mass is 10.1. The van der Waals surface area contributed by atoms with Crippen LogP contribution in [-0.4, -0.2) is 25.2 Å². The van der Waals surface area contributed by atoms with E-state index in [1.54, 1.807) is 0 Å². The Kier molecular flexibility index (Phi) is 3.68. The van der Waals surface area contributed by atoms with Crippen LogP contribution in [0.2, 0.25) is 0 Å². The van der Waals surface area contributed by atoms with E-state index >= 15 is 0 Å². The second-order valence-corrected chi connectivity index (χ2v) is 3.98. The standard InChI is InChI=1S/C12H13F2NO2/c13-8-1-2-10(11(14)7-8)12(16)15-9-3-5-17-6-4-9/h1-2,7,9H,3-6H2,(H,15,16). The number of carbonyl (C=O) groups excluding carboxylic acids is 1. The summed E-state index contributed by atoms with van der Waals surface area (Å²) in [4.78, 5) is 11.7. The fraction of sp³-hybridized carbons (Fsp3) is 0.417. The number of rotatable bonds is 2. The van der Waals surface area contributed by atoms with Crippen LogP contribution >= 0.6 is 0 Å². The van der Waals surface area contributed by atoms with E-state index in [-0.39, 0.29) is 11.6 Å². The minimum absolute atomic E-state index is 0.000651. The third kappa shape index (κ3) is 3.00. The largest absolute Gasteiger partial charge is 0.381 e. The molecule has 0 saturated carbocycles. The van der Waals surface area contributed by atoms with Gasteiger partial charge >= 0.3 is 0 Å². The lowest BCUT2D eigenvalue weighted by Crippen LogP contribution is -2.39. The van der Waals surface area contributed by atoms with Crippen LogP contribution in [0.5, 0.6) is 0 Å². The normalized spacial score (nSPS) is 16.8. The SMILES string of the molecule is O=C(NC1CCOCC1)c1ccc(F)cc1F. The van der Waals surface area contributed by atoms with Crippen LogP contribution in [0.4, 0.5) is 8.78 Å². The minimum atomic E-state index is -0.838. The molecule has 92 valence electrons. The van der Waals surface area contributed by atoms with Gasteiger partial charge in [-0.05, 0) is 25.0 Å². The number of nitrogens with one attached hydrogen (secondary N) is 1. The molecule has 5 heteroatoms. The van der Waals surface area contributed by atoms with Gasteiger partial charge in [-0.3, -0.25) is 4.79 Å². The number of carbonyl (C=O) groups is 1. The quantitative estimate of drug-likeness (QED) is 0.858. The summed E-state index contributed by atoms with van der Waals surface area (Å²) in [6.07, 6.45) is 1.43. The van der Waals surface area contributed by atoms with Crippen LogP contribution in [0.15, 0.2) is 18.2 Å². The van der Waals surface area contributed by atoms with Gasteiger partial charge in [0, 0.05) is 25.3 Å². The van der Waals surface area contributed by atoms with Gasteiger partial charge in [0.15, 0.2) is 0 Å². The smallest absolute Gasteiger partial charge is 0.254 e. The van der Waals surface area contributed by atoms with Crippen molar-refractivity contribution in [2.24, 2.45) is 0 Å². The molecule has 0 atom stereocenters. The van der Waals surface area contributed by atoms with Gasteiger partial charge in [0.05, 0.1) is 5.56 Å². The van der Waals surface area contributed by atoms with Crippen LogP contribution in [-0.2, 0) is 4.74 Å². The minimum Gasteiger partial charge on any atom is -0.381 e. The summed E-state index contributed by atoms with van der Waals surface area (Å²) in [5.41, 5.74) is -0.127. The Morgan fingerprint density at radius 2 is 2.00 bits per heavy atom. The Morgan fingerprint density at radius 3 is 2.65 bits per heavy atom. The molecule has 2 rings (SSSR count). The zero-order valence-corrected chi connectivity index (χ0v) is 9.21. The Labute approximate surface area is 97.8 Å². The first kappa shape index (κ1) is 12.0. The number of benzene rings is 1. The van der Waals surface area contributed by atoms with Crippen molar-refractivity contribution in [2.75, 3.05) is 13.2 Å². The van der Waals surface area contributed by atoms with E-state index in [1.807, 2.05) is 0 Å². The van der Waals surface area contributed by atoms with Crippen molar-refractivity contribution < 1.29 is 18.3 Å². The highest BCUT2D eigenvalue weighted by atomic mass is 19.1. The van der Waals surface area contributed by atoms with E-state index in [0.29, 0.717) is 32.1 Å². The summed E-state index contributed by atoms with van der Waals surface area (Å²) in [5, 5.41) is 2.71. The molecule has 1 N–H and O–H groups in total.